The number of aromatic nitrogens is 1. The van der Waals surface area contributed by atoms with Gasteiger partial charge in [0.1, 0.15) is 6.54 Å². The molecule has 4 nitrogen and oxygen atoms in total. The van der Waals surface area contributed by atoms with Crippen LogP contribution >= 0.6 is 0 Å². The number of rotatable bonds is 3. The van der Waals surface area contributed by atoms with Crippen molar-refractivity contribution in [3.8, 4) is 0 Å². The van der Waals surface area contributed by atoms with Crippen molar-refractivity contribution >= 4 is 22.5 Å². The lowest BCUT2D eigenvalue weighted by atomic mass is 10.2. The van der Waals surface area contributed by atoms with Crippen LogP contribution in [0.2, 0.25) is 0 Å². The average Bonchev–Trinajstić information content (AvgIpc) is 3.00. The van der Waals surface area contributed by atoms with Crippen LogP contribution in [0.4, 0.5) is 5.69 Å². The van der Waals surface area contributed by atoms with Gasteiger partial charge in [-0.1, -0.05) is 12.1 Å². The lowest BCUT2D eigenvalue weighted by Gasteiger charge is -2.07. The molecular weight excluding hydrogens is 214 g/mol. The number of nitrogen functional groups attached to an aromatic ring is 1. The van der Waals surface area contributed by atoms with Crippen molar-refractivity contribution in [3.05, 3.63) is 30.5 Å². The number of amides is 1. The molecule has 1 aromatic heterocycles. The first-order valence-corrected chi connectivity index (χ1v) is 5.87. The second-order valence-electron chi connectivity index (χ2n) is 4.57. The number of fused-ring (bicyclic) bond motifs is 1. The van der Waals surface area contributed by atoms with Gasteiger partial charge in [0.15, 0.2) is 0 Å². The van der Waals surface area contributed by atoms with Crippen LogP contribution < -0.4 is 11.1 Å². The van der Waals surface area contributed by atoms with Gasteiger partial charge in [-0.15, -0.1) is 0 Å². The predicted octanol–water partition coefficient (Wildman–Crippen LogP) is 1.50. The molecule has 1 aliphatic rings. The van der Waals surface area contributed by atoms with E-state index in [1.807, 2.05) is 35.0 Å². The van der Waals surface area contributed by atoms with Gasteiger partial charge < -0.3 is 15.6 Å². The summed E-state index contributed by atoms with van der Waals surface area (Å²) in [4.78, 5) is 11.7. The van der Waals surface area contributed by atoms with E-state index >= 15 is 0 Å². The lowest BCUT2D eigenvalue weighted by Crippen LogP contribution is -2.29. The molecule has 3 rings (SSSR count). The van der Waals surface area contributed by atoms with Crippen LogP contribution in [0.5, 0.6) is 0 Å². The molecule has 88 valence electrons. The number of anilines is 1. The Hall–Kier alpha value is -1.97. The fourth-order valence-electron chi connectivity index (χ4n) is 2.08. The van der Waals surface area contributed by atoms with E-state index in [1.165, 1.54) is 0 Å². The van der Waals surface area contributed by atoms with Crippen LogP contribution in [0.25, 0.3) is 10.9 Å². The van der Waals surface area contributed by atoms with Gasteiger partial charge >= 0.3 is 0 Å². The number of carbonyl (C=O) groups excluding carboxylic acids is 1. The van der Waals surface area contributed by atoms with Crippen molar-refractivity contribution in [2.75, 3.05) is 5.73 Å². The summed E-state index contributed by atoms with van der Waals surface area (Å²) in [5.41, 5.74) is 7.60. The summed E-state index contributed by atoms with van der Waals surface area (Å²) in [6.07, 6.45) is 4.13. The number of para-hydroxylation sites is 1. The monoisotopic (exact) mass is 229 g/mol. The van der Waals surface area contributed by atoms with Gasteiger partial charge in [-0.2, -0.15) is 0 Å². The highest BCUT2D eigenvalue weighted by Crippen LogP contribution is 2.22. The van der Waals surface area contributed by atoms with Crippen LogP contribution in [-0.2, 0) is 11.3 Å². The first-order chi connectivity index (χ1) is 8.24. The molecule has 0 spiro atoms. The zero-order chi connectivity index (χ0) is 11.8. The molecule has 1 aliphatic carbocycles. The molecule has 1 amide bonds. The van der Waals surface area contributed by atoms with Crippen LogP contribution in [-0.4, -0.2) is 16.5 Å². The number of nitrogens with zero attached hydrogens (tertiary/aromatic N) is 1. The molecule has 0 atom stereocenters. The Bertz CT molecular complexity index is 569. The fourth-order valence-corrected chi connectivity index (χ4v) is 2.08. The second-order valence-corrected chi connectivity index (χ2v) is 4.57. The van der Waals surface area contributed by atoms with E-state index in [-0.39, 0.29) is 5.91 Å². The van der Waals surface area contributed by atoms with E-state index in [9.17, 15) is 4.79 Å². The molecule has 1 heterocycles. The van der Waals surface area contributed by atoms with Crippen LogP contribution in [0.3, 0.4) is 0 Å². The maximum absolute atomic E-state index is 11.7. The first-order valence-electron chi connectivity index (χ1n) is 5.87. The van der Waals surface area contributed by atoms with Crippen molar-refractivity contribution < 1.29 is 4.79 Å². The minimum absolute atomic E-state index is 0.0632. The Morgan fingerprint density at radius 3 is 3.00 bits per heavy atom. The summed E-state index contributed by atoms with van der Waals surface area (Å²) in [6, 6.07) is 8.17. The first kappa shape index (κ1) is 10.2. The molecule has 1 saturated carbocycles. The van der Waals surface area contributed by atoms with Crippen molar-refractivity contribution in [1.29, 1.82) is 0 Å². The quantitative estimate of drug-likeness (QED) is 0.784. The van der Waals surface area contributed by atoms with Gasteiger partial charge in [0.05, 0.1) is 11.2 Å². The fraction of sp³-hybridized carbons (Fsp3) is 0.308. The minimum Gasteiger partial charge on any atom is -0.397 e. The third kappa shape index (κ3) is 1.98. The Morgan fingerprint density at radius 2 is 2.24 bits per heavy atom. The van der Waals surface area contributed by atoms with E-state index in [4.69, 9.17) is 5.73 Å². The zero-order valence-electron chi connectivity index (χ0n) is 9.52. The maximum Gasteiger partial charge on any atom is 0.240 e. The molecule has 17 heavy (non-hydrogen) atoms. The zero-order valence-corrected chi connectivity index (χ0v) is 9.52. The summed E-state index contributed by atoms with van der Waals surface area (Å²) in [6.45, 7) is 0.341. The van der Waals surface area contributed by atoms with Crippen molar-refractivity contribution in [3.63, 3.8) is 0 Å². The Balaban J connectivity index is 1.86. The Labute approximate surface area is 99.4 Å². The van der Waals surface area contributed by atoms with Crippen molar-refractivity contribution in [2.24, 2.45) is 0 Å². The Morgan fingerprint density at radius 1 is 1.41 bits per heavy atom. The molecule has 1 aromatic carbocycles. The van der Waals surface area contributed by atoms with Gasteiger partial charge in [0.2, 0.25) is 5.91 Å². The molecular formula is C13H15N3O. The van der Waals surface area contributed by atoms with Gasteiger partial charge in [-0.05, 0) is 25.0 Å². The highest BCUT2D eigenvalue weighted by molar-refractivity contribution is 5.91. The van der Waals surface area contributed by atoms with E-state index in [2.05, 4.69) is 5.32 Å². The molecule has 2 aromatic rings. The number of carbonyl (C=O) groups is 1. The summed E-state index contributed by atoms with van der Waals surface area (Å²) in [7, 11) is 0. The van der Waals surface area contributed by atoms with Gasteiger partial charge in [0, 0.05) is 17.6 Å². The smallest absolute Gasteiger partial charge is 0.240 e. The van der Waals surface area contributed by atoms with Crippen LogP contribution in [0, 0.1) is 0 Å². The maximum atomic E-state index is 11.7. The second kappa shape index (κ2) is 3.80. The van der Waals surface area contributed by atoms with E-state index < -0.39 is 0 Å². The molecule has 4 heteroatoms. The van der Waals surface area contributed by atoms with Gasteiger partial charge in [-0.25, -0.2) is 0 Å². The predicted molar refractivity (Wildman–Crippen MR) is 67.5 cm³/mol. The molecule has 0 saturated heterocycles. The summed E-state index contributed by atoms with van der Waals surface area (Å²) < 4.78 is 1.91. The van der Waals surface area contributed by atoms with E-state index in [0.29, 0.717) is 18.3 Å². The van der Waals surface area contributed by atoms with Gasteiger partial charge in [-0.3, -0.25) is 4.79 Å². The normalized spacial score (nSPS) is 15.1. The van der Waals surface area contributed by atoms with Gasteiger partial charge in [0.25, 0.3) is 0 Å². The third-order valence-corrected chi connectivity index (χ3v) is 3.08. The van der Waals surface area contributed by atoms with Crippen LogP contribution in [0.1, 0.15) is 12.8 Å². The van der Waals surface area contributed by atoms with Crippen molar-refractivity contribution in [1.82, 2.24) is 9.88 Å². The topological polar surface area (TPSA) is 60.0 Å². The highest BCUT2D eigenvalue weighted by Gasteiger charge is 2.23. The van der Waals surface area contributed by atoms with E-state index in [1.54, 1.807) is 0 Å². The molecule has 0 unspecified atom stereocenters. The number of nitrogens with one attached hydrogen (secondary N) is 1. The lowest BCUT2D eigenvalue weighted by molar-refractivity contribution is -0.121. The number of benzene rings is 1. The molecule has 1 fully saturated rings. The molecule has 0 radical (unpaired) electrons. The number of hydrogen-bond acceptors (Lipinski definition) is 2. The molecule has 3 N–H and O–H groups in total. The average molecular weight is 229 g/mol. The minimum atomic E-state index is 0.0632. The van der Waals surface area contributed by atoms with E-state index in [0.717, 1.165) is 23.7 Å². The summed E-state index contributed by atoms with van der Waals surface area (Å²) in [5.74, 6) is 0.0632. The summed E-state index contributed by atoms with van der Waals surface area (Å²) in [5, 5.41) is 4.05. The number of hydrogen-bond donors (Lipinski definition) is 2. The highest BCUT2D eigenvalue weighted by atomic mass is 16.2. The van der Waals surface area contributed by atoms with Crippen molar-refractivity contribution in [2.45, 2.75) is 25.4 Å². The SMILES string of the molecule is Nc1cccc2ccn(CC(=O)NC3CC3)c12. The number of nitrogens with two attached hydrogens (primary N) is 1. The summed E-state index contributed by atoms with van der Waals surface area (Å²) >= 11 is 0. The largest absolute Gasteiger partial charge is 0.397 e. The molecule has 0 bridgehead atoms. The Kier molecular flexibility index (Phi) is 2.28. The standard InChI is InChI=1S/C13H15N3O/c14-11-3-1-2-9-6-7-16(13(9)11)8-12(17)15-10-4-5-10/h1-3,6-7,10H,4-5,8,14H2,(H,15,17). The third-order valence-electron chi connectivity index (χ3n) is 3.08. The molecule has 0 aliphatic heterocycles. The van der Waals surface area contributed by atoms with Crippen LogP contribution in [0.15, 0.2) is 30.5 Å².